The van der Waals surface area contributed by atoms with Crippen LogP contribution in [0.5, 0.6) is 11.5 Å². The van der Waals surface area contributed by atoms with Gasteiger partial charge in [-0.1, -0.05) is 23.7 Å². The highest BCUT2D eigenvalue weighted by molar-refractivity contribution is 6.33. The van der Waals surface area contributed by atoms with Gasteiger partial charge in [0.25, 0.3) is 0 Å². The average molecular weight is 308 g/mol. The molecule has 0 saturated heterocycles. The van der Waals surface area contributed by atoms with Gasteiger partial charge in [-0.25, -0.2) is 4.79 Å². The van der Waals surface area contributed by atoms with E-state index in [0.29, 0.717) is 5.56 Å². The maximum Gasteiger partial charge on any atom is 0.337 e. The second-order valence-electron chi connectivity index (χ2n) is 4.23. The summed E-state index contributed by atoms with van der Waals surface area (Å²) < 4.78 is 5.43. The molecule has 0 fully saturated rings. The molecule has 0 aliphatic carbocycles. The highest BCUT2D eigenvalue weighted by Gasteiger charge is 2.19. The van der Waals surface area contributed by atoms with Gasteiger partial charge in [-0.05, 0) is 31.2 Å². The maximum atomic E-state index is 11.1. The van der Waals surface area contributed by atoms with Crippen LogP contribution >= 0.6 is 11.6 Å². The lowest BCUT2D eigenvalue weighted by Crippen LogP contribution is -1.99. The van der Waals surface area contributed by atoms with Crippen molar-refractivity contribution in [2.24, 2.45) is 0 Å². The monoisotopic (exact) mass is 307 g/mol. The SMILES string of the molecule is Cc1cccc(Oc2ccc(Cl)c(C(=O)O)c2)c1[N+](=O)[O-]. The predicted molar refractivity (Wildman–Crippen MR) is 76.3 cm³/mol. The fourth-order valence-electron chi connectivity index (χ4n) is 1.81. The number of hydrogen-bond acceptors (Lipinski definition) is 4. The third kappa shape index (κ3) is 3.11. The van der Waals surface area contributed by atoms with E-state index in [2.05, 4.69) is 0 Å². The average Bonchev–Trinajstić information content (AvgIpc) is 2.40. The van der Waals surface area contributed by atoms with Gasteiger partial charge in [0.1, 0.15) is 5.75 Å². The largest absolute Gasteiger partial charge is 0.478 e. The van der Waals surface area contributed by atoms with Gasteiger partial charge in [-0.2, -0.15) is 0 Å². The second kappa shape index (κ2) is 5.80. The number of ether oxygens (including phenoxy) is 1. The molecule has 2 rings (SSSR count). The minimum atomic E-state index is -1.20. The molecule has 0 aliphatic rings. The van der Waals surface area contributed by atoms with Gasteiger partial charge < -0.3 is 9.84 Å². The van der Waals surface area contributed by atoms with Crippen LogP contribution in [0.2, 0.25) is 5.02 Å². The maximum absolute atomic E-state index is 11.1. The number of nitro benzene ring substituents is 1. The smallest absolute Gasteiger partial charge is 0.337 e. The standard InChI is InChI=1S/C14H10ClNO5/c1-8-3-2-4-12(13(8)16(19)20)21-9-5-6-11(15)10(7-9)14(17)18/h2-7H,1H3,(H,17,18). The zero-order valence-corrected chi connectivity index (χ0v) is 11.6. The van der Waals surface area contributed by atoms with Crippen molar-refractivity contribution < 1.29 is 19.6 Å². The molecule has 0 saturated carbocycles. The number of para-hydroxylation sites is 1. The number of halogens is 1. The number of benzene rings is 2. The lowest BCUT2D eigenvalue weighted by atomic mass is 10.2. The number of carboxylic acids is 1. The quantitative estimate of drug-likeness (QED) is 0.680. The molecule has 0 heterocycles. The van der Waals surface area contributed by atoms with Crippen LogP contribution in [0.25, 0.3) is 0 Å². The zero-order valence-electron chi connectivity index (χ0n) is 10.9. The van der Waals surface area contributed by atoms with E-state index in [1.54, 1.807) is 19.1 Å². The van der Waals surface area contributed by atoms with Crippen LogP contribution < -0.4 is 4.74 Å². The van der Waals surface area contributed by atoms with Gasteiger partial charge in [0, 0.05) is 5.56 Å². The van der Waals surface area contributed by atoms with Crippen molar-refractivity contribution in [3.63, 3.8) is 0 Å². The van der Waals surface area contributed by atoms with Crippen LogP contribution in [0, 0.1) is 17.0 Å². The van der Waals surface area contributed by atoms with Gasteiger partial charge >= 0.3 is 11.7 Å². The van der Waals surface area contributed by atoms with E-state index < -0.39 is 10.9 Å². The fraction of sp³-hybridized carbons (Fsp3) is 0.0714. The Morgan fingerprint density at radius 3 is 2.67 bits per heavy atom. The number of hydrogen-bond donors (Lipinski definition) is 1. The van der Waals surface area contributed by atoms with Gasteiger partial charge in [-0.15, -0.1) is 0 Å². The van der Waals surface area contributed by atoms with Crippen molar-refractivity contribution in [3.05, 3.63) is 62.7 Å². The predicted octanol–water partition coefficient (Wildman–Crippen LogP) is 4.05. The molecular formula is C14H10ClNO5. The third-order valence-electron chi connectivity index (χ3n) is 2.78. The van der Waals surface area contributed by atoms with Gasteiger partial charge in [-0.3, -0.25) is 10.1 Å². The van der Waals surface area contributed by atoms with E-state index in [-0.39, 0.29) is 27.8 Å². The molecule has 0 amide bonds. The molecule has 7 heteroatoms. The van der Waals surface area contributed by atoms with Crippen LogP contribution in [-0.2, 0) is 0 Å². The summed E-state index contributed by atoms with van der Waals surface area (Å²) >= 11 is 5.76. The van der Waals surface area contributed by atoms with E-state index in [0.717, 1.165) is 0 Å². The Morgan fingerprint density at radius 1 is 1.33 bits per heavy atom. The fourth-order valence-corrected chi connectivity index (χ4v) is 2.01. The number of nitrogens with zero attached hydrogens (tertiary/aromatic N) is 1. The molecule has 2 aromatic rings. The lowest BCUT2D eigenvalue weighted by Gasteiger charge is -2.09. The minimum Gasteiger partial charge on any atom is -0.478 e. The number of aryl methyl sites for hydroxylation is 1. The summed E-state index contributed by atoms with van der Waals surface area (Å²) in [6, 6.07) is 8.68. The van der Waals surface area contributed by atoms with Crippen molar-refractivity contribution in [1.82, 2.24) is 0 Å². The van der Waals surface area contributed by atoms with Crippen molar-refractivity contribution >= 4 is 23.3 Å². The van der Waals surface area contributed by atoms with Crippen LogP contribution in [0.3, 0.4) is 0 Å². The first-order valence-electron chi connectivity index (χ1n) is 5.85. The molecule has 0 radical (unpaired) electrons. The number of nitro groups is 1. The molecule has 0 unspecified atom stereocenters. The first kappa shape index (κ1) is 14.8. The van der Waals surface area contributed by atoms with E-state index in [1.807, 2.05) is 0 Å². The number of aromatic carboxylic acids is 1. The molecule has 0 bridgehead atoms. The lowest BCUT2D eigenvalue weighted by molar-refractivity contribution is -0.386. The second-order valence-corrected chi connectivity index (χ2v) is 4.63. The van der Waals surface area contributed by atoms with E-state index in [4.69, 9.17) is 21.4 Å². The molecule has 2 aromatic carbocycles. The first-order valence-corrected chi connectivity index (χ1v) is 6.22. The number of rotatable bonds is 4. The van der Waals surface area contributed by atoms with Crippen molar-refractivity contribution in [1.29, 1.82) is 0 Å². The third-order valence-corrected chi connectivity index (χ3v) is 3.11. The summed E-state index contributed by atoms with van der Waals surface area (Å²) in [5.74, 6) is -1.01. The Balaban J connectivity index is 2.44. The molecule has 0 aromatic heterocycles. The van der Waals surface area contributed by atoms with Crippen LogP contribution in [0.1, 0.15) is 15.9 Å². The Kier molecular flexibility index (Phi) is 4.09. The van der Waals surface area contributed by atoms with Crippen molar-refractivity contribution in [2.75, 3.05) is 0 Å². The molecule has 21 heavy (non-hydrogen) atoms. The molecular weight excluding hydrogens is 298 g/mol. The zero-order chi connectivity index (χ0) is 15.6. The van der Waals surface area contributed by atoms with Gasteiger partial charge in [0.15, 0.2) is 0 Å². The number of carboxylic acid groups (broad SMARTS) is 1. The van der Waals surface area contributed by atoms with Gasteiger partial charge in [0.05, 0.1) is 15.5 Å². The summed E-state index contributed by atoms with van der Waals surface area (Å²) in [5.41, 5.74) is 0.152. The van der Waals surface area contributed by atoms with Crippen molar-refractivity contribution in [2.45, 2.75) is 6.92 Å². The topological polar surface area (TPSA) is 89.7 Å². The molecule has 0 aliphatic heterocycles. The molecule has 6 nitrogen and oxygen atoms in total. The molecule has 0 atom stereocenters. The van der Waals surface area contributed by atoms with E-state index in [9.17, 15) is 14.9 Å². The summed E-state index contributed by atoms with van der Waals surface area (Å²) in [7, 11) is 0. The molecule has 0 spiro atoms. The highest BCUT2D eigenvalue weighted by atomic mass is 35.5. The summed E-state index contributed by atoms with van der Waals surface area (Å²) in [6.45, 7) is 1.59. The highest BCUT2D eigenvalue weighted by Crippen LogP contribution is 2.34. The Labute approximate surface area is 124 Å². The normalized spacial score (nSPS) is 10.2. The van der Waals surface area contributed by atoms with E-state index in [1.165, 1.54) is 24.3 Å². The minimum absolute atomic E-state index is 0.0404. The summed E-state index contributed by atoms with van der Waals surface area (Å²) in [5, 5.41) is 20.1. The van der Waals surface area contributed by atoms with Crippen LogP contribution in [0.4, 0.5) is 5.69 Å². The molecule has 108 valence electrons. The Hall–Kier alpha value is -2.60. The number of carbonyl (C=O) groups is 1. The Morgan fingerprint density at radius 2 is 2.05 bits per heavy atom. The van der Waals surface area contributed by atoms with E-state index >= 15 is 0 Å². The Bertz CT molecular complexity index is 729. The summed E-state index contributed by atoms with van der Waals surface area (Å²) in [6.07, 6.45) is 0. The summed E-state index contributed by atoms with van der Waals surface area (Å²) in [4.78, 5) is 21.5. The van der Waals surface area contributed by atoms with Crippen LogP contribution in [0.15, 0.2) is 36.4 Å². The van der Waals surface area contributed by atoms with Crippen molar-refractivity contribution in [3.8, 4) is 11.5 Å². The first-order chi connectivity index (χ1) is 9.90. The van der Waals surface area contributed by atoms with Gasteiger partial charge in [0.2, 0.25) is 5.75 Å². The van der Waals surface area contributed by atoms with Crippen LogP contribution in [-0.4, -0.2) is 16.0 Å². The molecule has 1 N–H and O–H groups in total.